The second kappa shape index (κ2) is 11.3. The van der Waals surface area contributed by atoms with Gasteiger partial charge in [0.05, 0.1) is 6.54 Å². The van der Waals surface area contributed by atoms with Crippen molar-refractivity contribution in [1.82, 2.24) is 10.2 Å². The minimum atomic E-state index is -0.820. The Labute approximate surface area is 217 Å². The first-order valence-corrected chi connectivity index (χ1v) is 12.5. The number of nitrogens with one attached hydrogen (secondary N) is 2. The van der Waals surface area contributed by atoms with Gasteiger partial charge in [-0.25, -0.2) is 4.79 Å². The monoisotopic (exact) mass is 499 g/mol. The summed E-state index contributed by atoms with van der Waals surface area (Å²) in [4.78, 5) is 40.3. The van der Waals surface area contributed by atoms with Gasteiger partial charge in [0.1, 0.15) is 0 Å². The lowest BCUT2D eigenvalue weighted by molar-refractivity contribution is -0.126. The molecule has 0 unspecified atom stereocenters. The topological polar surface area (TPSA) is 87.7 Å². The van der Waals surface area contributed by atoms with E-state index in [0.29, 0.717) is 23.4 Å². The van der Waals surface area contributed by atoms with Crippen molar-refractivity contribution in [3.8, 4) is 0 Å². The molecule has 1 aliphatic rings. The van der Waals surface area contributed by atoms with Gasteiger partial charge in [0.25, 0.3) is 5.91 Å². The SMILES string of the molecule is Cc1ccc(C(=O)Nc2ccc([C@H]3OC(=O)N(Cc4cccc(C)c4)[C@@H]3C(=O)NCC(C)C)cc2)cc1. The fourth-order valence-electron chi connectivity index (χ4n) is 4.29. The number of hydrogen-bond acceptors (Lipinski definition) is 4. The van der Waals surface area contributed by atoms with Crippen LogP contribution in [0.25, 0.3) is 0 Å². The minimum Gasteiger partial charge on any atom is -0.438 e. The molecule has 1 heterocycles. The Morgan fingerprint density at radius 3 is 2.30 bits per heavy atom. The standard InChI is InChI=1S/C30H33N3O4/c1-19(2)17-31-29(35)26-27(37-30(36)33(26)18-22-7-5-6-21(4)16-22)23-12-14-25(15-13-23)32-28(34)24-10-8-20(3)9-11-24/h5-16,19,26-27H,17-18H2,1-4H3,(H,31,35)(H,32,34)/t26-,27+/m0/s1. The zero-order valence-corrected chi connectivity index (χ0v) is 21.7. The van der Waals surface area contributed by atoms with E-state index in [2.05, 4.69) is 10.6 Å². The lowest BCUT2D eigenvalue weighted by atomic mass is 10.00. The van der Waals surface area contributed by atoms with Crippen LogP contribution in [0.4, 0.5) is 10.5 Å². The first-order chi connectivity index (χ1) is 17.7. The maximum atomic E-state index is 13.3. The number of ether oxygens (including phenoxy) is 1. The molecule has 7 nitrogen and oxygen atoms in total. The Hall–Kier alpha value is -4.13. The number of hydrogen-bond donors (Lipinski definition) is 2. The van der Waals surface area contributed by atoms with Crippen LogP contribution in [0.3, 0.4) is 0 Å². The first kappa shape index (κ1) is 25.9. The largest absolute Gasteiger partial charge is 0.438 e. The average Bonchev–Trinajstić information content (AvgIpc) is 3.19. The van der Waals surface area contributed by atoms with Gasteiger partial charge in [0, 0.05) is 17.8 Å². The molecule has 0 radical (unpaired) electrons. The highest BCUT2D eigenvalue weighted by atomic mass is 16.6. The highest BCUT2D eigenvalue weighted by Gasteiger charge is 2.46. The molecule has 0 aliphatic carbocycles. The molecule has 2 atom stereocenters. The smallest absolute Gasteiger partial charge is 0.411 e. The summed E-state index contributed by atoms with van der Waals surface area (Å²) in [5.74, 6) is -0.202. The molecular formula is C30H33N3O4. The van der Waals surface area contributed by atoms with Crippen molar-refractivity contribution in [1.29, 1.82) is 0 Å². The van der Waals surface area contributed by atoms with Crippen LogP contribution < -0.4 is 10.6 Å². The first-order valence-electron chi connectivity index (χ1n) is 12.5. The zero-order valence-electron chi connectivity index (χ0n) is 21.7. The number of rotatable bonds is 8. The fraction of sp³-hybridized carbons (Fsp3) is 0.300. The molecule has 192 valence electrons. The lowest BCUT2D eigenvalue weighted by Crippen LogP contribution is -2.47. The van der Waals surface area contributed by atoms with Crippen LogP contribution >= 0.6 is 0 Å². The van der Waals surface area contributed by atoms with E-state index in [-0.39, 0.29) is 24.3 Å². The Morgan fingerprint density at radius 2 is 1.65 bits per heavy atom. The summed E-state index contributed by atoms with van der Waals surface area (Å²) in [5, 5.41) is 5.84. The van der Waals surface area contributed by atoms with Gasteiger partial charge in [-0.1, -0.05) is 73.5 Å². The molecule has 3 aromatic rings. The molecule has 3 amide bonds. The van der Waals surface area contributed by atoms with Gasteiger partial charge in [-0.05, 0) is 55.2 Å². The van der Waals surface area contributed by atoms with Crippen LogP contribution in [0.15, 0.2) is 72.8 Å². The third-order valence-electron chi connectivity index (χ3n) is 6.28. The van der Waals surface area contributed by atoms with Crippen LogP contribution in [0.2, 0.25) is 0 Å². The number of cyclic esters (lactones) is 1. The molecule has 37 heavy (non-hydrogen) atoms. The van der Waals surface area contributed by atoms with E-state index < -0.39 is 18.2 Å². The lowest BCUT2D eigenvalue weighted by Gasteiger charge is -2.25. The van der Waals surface area contributed by atoms with Gasteiger partial charge in [-0.3, -0.25) is 14.5 Å². The minimum absolute atomic E-state index is 0.213. The summed E-state index contributed by atoms with van der Waals surface area (Å²) in [6.07, 6.45) is -1.31. The molecule has 0 saturated carbocycles. The predicted octanol–water partition coefficient (Wildman–Crippen LogP) is 5.39. The predicted molar refractivity (Wildman–Crippen MR) is 143 cm³/mol. The molecule has 0 bridgehead atoms. The second-order valence-electron chi connectivity index (χ2n) is 9.95. The molecule has 1 fully saturated rings. The van der Waals surface area contributed by atoms with E-state index in [1.807, 2.05) is 64.1 Å². The number of nitrogens with zero attached hydrogens (tertiary/aromatic N) is 1. The van der Waals surface area contributed by atoms with Crippen LogP contribution in [0.5, 0.6) is 0 Å². The van der Waals surface area contributed by atoms with Crippen LogP contribution in [0, 0.1) is 19.8 Å². The van der Waals surface area contributed by atoms with Crippen molar-refractivity contribution in [3.05, 3.63) is 101 Å². The second-order valence-corrected chi connectivity index (χ2v) is 9.95. The molecule has 0 aromatic heterocycles. The molecule has 0 spiro atoms. The van der Waals surface area contributed by atoms with Crippen molar-refractivity contribution in [3.63, 3.8) is 0 Å². The quantitative estimate of drug-likeness (QED) is 0.435. The van der Waals surface area contributed by atoms with Crippen molar-refractivity contribution in [2.45, 2.75) is 46.4 Å². The van der Waals surface area contributed by atoms with Gasteiger partial charge in [-0.2, -0.15) is 0 Å². The van der Waals surface area contributed by atoms with Crippen LogP contribution in [0.1, 0.15) is 52.6 Å². The highest BCUT2D eigenvalue weighted by molar-refractivity contribution is 6.04. The molecule has 3 aromatic carbocycles. The van der Waals surface area contributed by atoms with Gasteiger partial charge in [0.15, 0.2) is 12.1 Å². The highest BCUT2D eigenvalue weighted by Crippen LogP contribution is 2.34. The van der Waals surface area contributed by atoms with Crippen molar-refractivity contribution >= 4 is 23.6 Å². The summed E-state index contributed by atoms with van der Waals surface area (Å²) in [6.45, 7) is 8.75. The summed E-state index contributed by atoms with van der Waals surface area (Å²) >= 11 is 0. The van der Waals surface area contributed by atoms with Crippen molar-refractivity contribution in [2.75, 3.05) is 11.9 Å². The van der Waals surface area contributed by atoms with Gasteiger partial charge >= 0.3 is 6.09 Å². The Balaban J connectivity index is 1.54. The molecule has 4 rings (SSSR count). The number of carbonyl (C=O) groups is 3. The third-order valence-corrected chi connectivity index (χ3v) is 6.28. The van der Waals surface area contributed by atoms with Gasteiger partial charge < -0.3 is 15.4 Å². The van der Waals surface area contributed by atoms with E-state index >= 15 is 0 Å². The number of anilines is 1. The molecule has 1 saturated heterocycles. The summed E-state index contributed by atoms with van der Waals surface area (Å²) in [5.41, 5.74) is 4.93. The van der Waals surface area contributed by atoms with Crippen LogP contribution in [-0.4, -0.2) is 35.4 Å². The van der Waals surface area contributed by atoms with Crippen molar-refractivity contribution in [2.24, 2.45) is 5.92 Å². The Morgan fingerprint density at radius 1 is 0.946 bits per heavy atom. The molecule has 7 heteroatoms. The summed E-state index contributed by atoms with van der Waals surface area (Å²) in [7, 11) is 0. The number of benzene rings is 3. The van der Waals surface area contributed by atoms with E-state index in [4.69, 9.17) is 4.74 Å². The van der Waals surface area contributed by atoms with Crippen LogP contribution in [-0.2, 0) is 16.1 Å². The molecular weight excluding hydrogens is 466 g/mol. The van der Waals surface area contributed by atoms with E-state index in [1.54, 1.807) is 36.4 Å². The number of carbonyl (C=O) groups excluding carboxylic acids is 3. The summed E-state index contributed by atoms with van der Waals surface area (Å²) in [6, 6.07) is 21.4. The Kier molecular flexibility index (Phi) is 7.92. The van der Waals surface area contributed by atoms with E-state index in [0.717, 1.165) is 16.7 Å². The summed E-state index contributed by atoms with van der Waals surface area (Å²) < 4.78 is 5.74. The van der Waals surface area contributed by atoms with Gasteiger partial charge in [0.2, 0.25) is 5.91 Å². The zero-order chi connectivity index (χ0) is 26.5. The number of aryl methyl sites for hydroxylation is 2. The van der Waals surface area contributed by atoms with E-state index in [9.17, 15) is 14.4 Å². The average molecular weight is 500 g/mol. The maximum absolute atomic E-state index is 13.3. The van der Waals surface area contributed by atoms with Gasteiger partial charge in [-0.15, -0.1) is 0 Å². The third kappa shape index (κ3) is 6.36. The molecule has 2 N–H and O–H groups in total. The molecule has 1 aliphatic heterocycles. The maximum Gasteiger partial charge on any atom is 0.411 e. The number of amides is 3. The normalized spacial score (nSPS) is 17.0. The fourth-order valence-corrected chi connectivity index (χ4v) is 4.29. The van der Waals surface area contributed by atoms with E-state index in [1.165, 1.54) is 4.90 Å². The Bertz CT molecular complexity index is 1270. The van der Waals surface area contributed by atoms with Crippen molar-refractivity contribution < 1.29 is 19.1 Å².